The first-order chi connectivity index (χ1) is 9.56. The van der Waals surface area contributed by atoms with Crippen LogP contribution in [0.2, 0.25) is 4.34 Å². The van der Waals surface area contributed by atoms with Crippen LogP contribution in [0, 0.1) is 0 Å². The van der Waals surface area contributed by atoms with Crippen molar-refractivity contribution in [3.05, 3.63) is 57.2 Å². The minimum absolute atomic E-state index is 0.0528. The molecule has 3 nitrogen and oxygen atoms in total. The Morgan fingerprint density at radius 2 is 2.00 bits per heavy atom. The molecule has 5 heteroatoms. The van der Waals surface area contributed by atoms with E-state index < -0.39 is 0 Å². The van der Waals surface area contributed by atoms with Gasteiger partial charge in [-0.05, 0) is 24.6 Å². The maximum Gasteiger partial charge on any atom is 0.222 e. The minimum atomic E-state index is -0.282. The van der Waals surface area contributed by atoms with E-state index in [1.54, 1.807) is 0 Å². The van der Waals surface area contributed by atoms with Crippen molar-refractivity contribution in [2.75, 3.05) is 0 Å². The molecular weight excluding hydrogens is 292 g/mol. The Hall–Kier alpha value is -1.36. The van der Waals surface area contributed by atoms with Gasteiger partial charge in [0.1, 0.15) is 0 Å². The fourth-order valence-corrected chi connectivity index (χ4v) is 3.01. The standard InChI is InChI=1S/C15H17ClN2OS/c1-10(13-7-8-14(16)20-13)18-15(19)9-12(17)11-5-3-2-4-6-11/h2-8,10,12H,9,17H2,1H3,(H,18,19)/t10-,12+/m0/s1. The van der Waals surface area contributed by atoms with E-state index in [0.717, 1.165) is 14.8 Å². The lowest BCUT2D eigenvalue weighted by Gasteiger charge is -2.15. The number of halogens is 1. The summed E-state index contributed by atoms with van der Waals surface area (Å²) in [5.41, 5.74) is 7.00. The van der Waals surface area contributed by atoms with Gasteiger partial charge in [0.2, 0.25) is 5.91 Å². The maximum absolute atomic E-state index is 12.0. The van der Waals surface area contributed by atoms with Gasteiger partial charge in [-0.25, -0.2) is 0 Å². The smallest absolute Gasteiger partial charge is 0.222 e. The summed E-state index contributed by atoms with van der Waals surface area (Å²) in [7, 11) is 0. The molecule has 1 aromatic heterocycles. The third-order valence-electron chi connectivity index (χ3n) is 3.03. The molecule has 0 aliphatic rings. The summed E-state index contributed by atoms with van der Waals surface area (Å²) in [5, 5.41) is 2.94. The van der Waals surface area contributed by atoms with Crippen molar-refractivity contribution in [3.63, 3.8) is 0 Å². The predicted molar refractivity (Wildman–Crippen MR) is 83.9 cm³/mol. The summed E-state index contributed by atoms with van der Waals surface area (Å²) < 4.78 is 0.724. The van der Waals surface area contributed by atoms with E-state index in [2.05, 4.69) is 5.32 Å². The van der Waals surface area contributed by atoms with E-state index in [1.807, 2.05) is 49.4 Å². The van der Waals surface area contributed by atoms with Crippen molar-refractivity contribution >= 4 is 28.8 Å². The van der Waals surface area contributed by atoms with Gasteiger partial charge in [-0.2, -0.15) is 0 Å². The van der Waals surface area contributed by atoms with Crippen molar-refractivity contribution in [1.29, 1.82) is 0 Å². The molecule has 0 bridgehead atoms. The highest BCUT2D eigenvalue weighted by molar-refractivity contribution is 7.16. The fraction of sp³-hybridized carbons (Fsp3) is 0.267. The monoisotopic (exact) mass is 308 g/mol. The van der Waals surface area contributed by atoms with Crippen LogP contribution >= 0.6 is 22.9 Å². The zero-order chi connectivity index (χ0) is 14.5. The van der Waals surface area contributed by atoms with E-state index >= 15 is 0 Å². The van der Waals surface area contributed by atoms with Gasteiger partial charge >= 0.3 is 0 Å². The molecule has 0 saturated carbocycles. The predicted octanol–water partition coefficient (Wildman–Crippen LogP) is 3.67. The van der Waals surface area contributed by atoms with Crippen molar-refractivity contribution in [2.24, 2.45) is 5.73 Å². The number of nitrogens with one attached hydrogen (secondary N) is 1. The van der Waals surface area contributed by atoms with Gasteiger partial charge in [0.05, 0.1) is 10.4 Å². The van der Waals surface area contributed by atoms with Gasteiger partial charge in [0.25, 0.3) is 0 Å². The first kappa shape index (κ1) is 15.0. The van der Waals surface area contributed by atoms with Crippen LogP contribution in [-0.4, -0.2) is 5.91 Å². The summed E-state index contributed by atoms with van der Waals surface area (Å²) in [6.07, 6.45) is 0.271. The normalized spacial score (nSPS) is 13.8. The Labute approximate surface area is 127 Å². The Kier molecular flexibility index (Phi) is 5.17. The molecule has 2 aromatic rings. The van der Waals surface area contributed by atoms with Crippen LogP contribution in [0.25, 0.3) is 0 Å². The molecule has 2 rings (SSSR count). The van der Waals surface area contributed by atoms with Gasteiger partial charge in [-0.1, -0.05) is 41.9 Å². The third kappa shape index (κ3) is 4.07. The van der Waals surface area contributed by atoms with E-state index in [1.165, 1.54) is 11.3 Å². The molecule has 2 atom stereocenters. The quantitative estimate of drug-likeness (QED) is 0.885. The summed E-state index contributed by atoms with van der Waals surface area (Å²) >= 11 is 7.36. The summed E-state index contributed by atoms with van der Waals surface area (Å²) in [6.45, 7) is 1.94. The van der Waals surface area contributed by atoms with E-state index in [9.17, 15) is 4.79 Å². The highest BCUT2D eigenvalue weighted by atomic mass is 35.5. The number of benzene rings is 1. The Balaban J connectivity index is 1.89. The van der Waals surface area contributed by atoms with Crippen LogP contribution in [0.4, 0.5) is 0 Å². The van der Waals surface area contributed by atoms with E-state index in [4.69, 9.17) is 17.3 Å². The molecule has 3 N–H and O–H groups in total. The van der Waals surface area contributed by atoms with Gasteiger partial charge in [-0.3, -0.25) is 4.79 Å². The van der Waals surface area contributed by atoms with Crippen LogP contribution in [0.1, 0.15) is 35.9 Å². The molecule has 0 radical (unpaired) electrons. The molecule has 1 heterocycles. The maximum atomic E-state index is 12.0. The minimum Gasteiger partial charge on any atom is -0.349 e. The summed E-state index contributed by atoms with van der Waals surface area (Å²) in [6, 6.07) is 13.1. The van der Waals surface area contributed by atoms with Gasteiger partial charge in [0, 0.05) is 17.3 Å². The van der Waals surface area contributed by atoms with Crippen LogP contribution in [0.5, 0.6) is 0 Å². The van der Waals surface area contributed by atoms with Gasteiger partial charge < -0.3 is 11.1 Å². The summed E-state index contributed by atoms with van der Waals surface area (Å²) in [5.74, 6) is -0.0571. The Bertz CT molecular complexity index is 570. The second kappa shape index (κ2) is 6.88. The largest absolute Gasteiger partial charge is 0.349 e. The lowest BCUT2D eigenvalue weighted by atomic mass is 10.0. The van der Waals surface area contributed by atoms with Crippen LogP contribution in [-0.2, 0) is 4.79 Å². The van der Waals surface area contributed by atoms with Crippen LogP contribution in [0.15, 0.2) is 42.5 Å². The number of rotatable bonds is 5. The van der Waals surface area contributed by atoms with Gasteiger partial charge in [0.15, 0.2) is 0 Å². The van der Waals surface area contributed by atoms with E-state index in [0.29, 0.717) is 0 Å². The fourth-order valence-electron chi connectivity index (χ4n) is 1.95. The molecule has 0 spiro atoms. The SMILES string of the molecule is C[C@H](NC(=O)C[C@@H](N)c1ccccc1)c1ccc(Cl)s1. The zero-order valence-corrected chi connectivity index (χ0v) is 12.7. The number of nitrogens with two attached hydrogens (primary N) is 1. The van der Waals surface area contributed by atoms with Crippen molar-refractivity contribution in [2.45, 2.75) is 25.4 Å². The molecule has 0 aliphatic carbocycles. The van der Waals surface area contributed by atoms with Gasteiger partial charge in [-0.15, -0.1) is 11.3 Å². The van der Waals surface area contributed by atoms with Crippen LogP contribution < -0.4 is 11.1 Å². The number of hydrogen-bond acceptors (Lipinski definition) is 3. The number of hydrogen-bond donors (Lipinski definition) is 2. The summed E-state index contributed by atoms with van der Waals surface area (Å²) in [4.78, 5) is 13.0. The van der Waals surface area contributed by atoms with Crippen molar-refractivity contribution in [3.8, 4) is 0 Å². The Morgan fingerprint density at radius 1 is 1.30 bits per heavy atom. The third-order valence-corrected chi connectivity index (χ3v) is 4.45. The average molecular weight is 309 g/mol. The molecule has 0 unspecified atom stereocenters. The molecule has 20 heavy (non-hydrogen) atoms. The van der Waals surface area contributed by atoms with Crippen molar-refractivity contribution in [1.82, 2.24) is 5.32 Å². The topological polar surface area (TPSA) is 55.1 Å². The van der Waals surface area contributed by atoms with Crippen LogP contribution in [0.3, 0.4) is 0 Å². The number of carbonyl (C=O) groups excluding carboxylic acids is 1. The second-order valence-corrected chi connectivity index (χ2v) is 6.40. The zero-order valence-electron chi connectivity index (χ0n) is 11.2. The lowest BCUT2D eigenvalue weighted by Crippen LogP contribution is -2.29. The lowest BCUT2D eigenvalue weighted by molar-refractivity contribution is -0.122. The number of carbonyl (C=O) groups is 1. The van der Waals surface area contributed by atoms with Crippen molar-refractivity contribution < 1.29 is 4.79 Å². The molecule has 1 amide bonds. The van der Waals surface area contributed by atoms with E-state index in [-0.39, 0.29) is 24.4 Å². The number of amides is 1. The average Bonchev–Trinajstić information content (AvgIpc) is 2.86. The molecule has 1 aromatic carbocycles. The molecule has 106 valence electrons. The second-order valence-electron chi connectivity index (χ2n) is 4.65. The molecule has 0 aliphatic heterocycles. The number of thiophene rings is 1. The molecule has 0 saturated heterocycles. The molecule has 0 fully saturated rings. The highest BCUT2D eigenvalue weighted by Gasteiger charge is 2.15. The first-order valence-corrected chi connectivity index (χ1v) is 7.61. The molecular formula is C15H17ClN2OS. The highest BCUT2D eigenvalue weighted by Crippen LogP contribution is 2.26. The first-order valence-electron chi connectivity index (χ1n) is 6.41. The Morgan fingerprint density at radius 3 is 2.60 bits per heavy atom.